The van der Waals surface area contributed by atoms with Crippen LogP contribution >= 0.6 is 0 Å². The number of nitrogens with zero attached hydrogens (tertiary/aromatic N) is 1. The van der Waals surface area contributed by atoms with Crippen LogP contribution in [0, 0.1) is 12.3 Å². The van der Waals surface area contributed by atoms with Crippen molar-refractivity contribution in [2.75, 3.05) is 33.3 Å². The van der Waals surface area contributed by atoms with E-state index >= 15 is 0 Å². The van der Waals surface area contributed by atoms with Crippen LogP contribution in [0.4, 0.5) is 0 Å². The second kappa shape index (κ2) is 6.91. The van der Waals surface area contributed by atoms with Gasteiger partial charge in [0.2, 0.25) is 5.91 Å². The summed E-state index contributed by atoms with van der Waals surface area (Å²) in [5.41, 5.74) is 2.66. The molecule has 1 atom stereocenters. The third-order valence-corrected chi connectivity index (χ3v) is 5.45. The van der Waals surface area contributed by atoms with E-state index in [1.165, 1.54) is 18.4 Å². The summed E-state index contributed by atoms with van der Waals surface area (Å²) >= 11 is 0. The number of aryl methyl sites for hydroxylation is 2. The van der Waals surface area contributed by atoms with E-state index in [1.54, 1.807) is 7.11 Å². The largest absolute Gasteiger partial charge is 0.496 e. The first-order valence-corrected chi connectivity index (χ1v) is 8.74. The summed E-state index contributed by atoms with van der Waals surface area (Å²) in [7, 11) is 1.69. The number of hydrogen-bond donors (Lipinski definition) is 1. The standard InChI is InChI=1S/C19H28N2O2/c1-15-4-5-16(12-17(15)23-2)6-7-18(22)21-11-9-19(14-21)8-3-10-20-13-19/h4-5,12,20H,3,6-11,13-14H2,1-2H3/t19-/m0/s1. The molecule has 2 saturated heterocycles. The number of carbonyl (C=O) groups excluding carboxylic acids is 1. The smallest absolute Gasteiger partial charge is 0.222 e. The average Bonchev–Trinajstić information content (AvgIpc) is 2.98. The third-order valence-electron chi connectivity index (χ3n) is 5.45. The Morgan fingerprint density at radius 1 is 1.39 bits per heavy atom. The van der Waals surface area contributed by atoms with Gasteiger partial charge in [0.1, 0.15) is 5.75 Å². The normalized spacial score (nSPS) is 24.2. The molecule has 0 aliphatic carbocycles. The van der Waals surface area contributed by atoms with Crippen molar-refractivity contribution in [3.8, 4) is 5.75 Å². The highest BCUT2D eigenvalue weighted by Crippen LogP contribution is 2.36. The molecule has 126 valence electrons. The summed E-state index contributed by atoms with van der Waals surface area (Å²) in [5, 5.41) is 3.50. The summed E-state index contributed by atoms with van der Waals surface area (Å²) in [5.74, 6) is 1.20. The number of carbonyl (C=O) groups is 1. The van der Waals surface area contributed by atoms with Crippen LogP contribution in [0.5, 0.6) is 5.75 Å². The minimum Gasteiger partial charge on any atom is -0.496 e. The fourth-order valence-corrected chi connectivity index (χ4v) is 3.96. The van der Waals surface area contributed by atoms with E-state index in [9.17, 15) is 4.79 Å². The molecular formula is C19H28N2O2. The number of amides is 1. The molecule has 1 aromatic carbocycles. The van der Waals surface area contributed by atoms with Crippen molar-refractivity contribution in [3.63, 3.8) is 0 Å². The van der Waals surface area contributed by atoms with Gasteiger partial charge in [0.15, 0.2) is 0 Å². The van der Waals surface area contributed by atoms with Gasteiger partial charge in [0, 0.05) is 31.5 Å². The Morgan fingerprint density at radius 2 is 2.26 bits per heavy atom. The molecule has 2 aliphatic heterocycles. The second-order valence-electron chi connectivity index (χ2n) is 7.15. The lowest BCUT2D eigenvalue weighted by molar-refractivity contribution is -0.130. The van der Waals surface area contributed by atoms with Crippen molar-refractivity contribution in [2.24, 2.45) is 5.41 Å². The monoisotopic (exact) mass is 316 g/mol. The zero-order valence-corrected chi connectivity index (χ0v) is 14.4. The highest BCUT2D eigenvalue weighted by atomic mass is 16.5. The highest BCUT2D eigenvalue weighted by molar-refractivity contribution is 5.76. The van der Waals surface area contributed by atoms with Crippen LogP contribution in [0.15, 0.2) is 18.2 Å². The van der Waals surface area contributed by atoms with Crippen LogP contribution in [0.3, 0.4) is 0 Å². The summed E-state index contributed by atoms with van der Waals surface area (Å²) in [6, 6.07) is 6.22. The minimum absolute atomic E-state index is 0.298. The molecule has 1 spiro atoms. The lowest BCUT2D eigenvalue weighted by Crippen LogP contribution is -2.42. The first kappa shape index (κ1) is 16.3. The number of nitrogens with one attached hydrogen (secondary N) is 1. The number of methoxy groups -OCH3 is 1. The van der Waals surface area contributed by atoms with Crippen LogP contribution < -0.4 is 10.1 Å². The fraction of sp³-hybridized carbons (Fsp3) is 0.632. The molecule has 3 rings (SSSR count). The van der Waals surface area contributed by atoms with Crippen molar-refractivity contribution < 1.29 is 9.53 Å². The molecular weight excluding hydrogens is 288 g/mol. The molecule has 0 aromatic heterocycles. The molecule has 0 bridgehead atoms. The first-order valence-electron chi connectivity index (χ1n) is 8.74. The van der Waals surface area contributed by atoms with Gasteiger partial charge in [0.25, 0.3) is 0 Å². The molecule has 1 aromatic rings. The predicted octanol–water partition coefficient (Wildman–Crippen LogP) is 2.54. The molecule has 1 N–H and O–H groups in total. The summed E-state index contributed by atoms with van der Waals surface area (Å²) in [6.45, 7) is 6.11. The minimum atomic E-state index is 0.298. The van der Waals surface area contributed by atoms with E-state index in [4.69, 9.17) is 4.74 Å². The van der Waals surface area contributed by atoms with E-state index in [0.717, 1.165) is 50.3 Å². The number of likely N-dealkylation sites (tertiary alicyclic amines) is 1. The summed E-state index contributed by atoms with van der Waals surface area (Å²) in [4.78, 5) is 14.6. The number of benzene rings is 1. The van der Waals surface area contributed by atoms with Gasteiger partial charge in [-0.15, -0.1) is 0 Å². The maximum absolute atomic E-state index is 12.5. The van der Waals surface area contributed by atoms with Gasteiger partial charge in [-0.1, -0.05) is 12.1 Å². The van der Waals surface area contributed by atoms with Gasteiger partial charge in [-0.3, -0.25) is 4.79 Å². The Labute approximate surface area is 139 Å². The molecule has 2 aliphatic rings. The van der Waals surface area contributed by atoms with Gasteiger partial charge in [-0.05, 0) is 56.3 Å². The maximum atomic E-state index is 12.5. The fourth-order valence-electron chi connectivity index (χ4n) is 3.96. The Morgan fingerprint density at radius 3 is 3.00 bits per heavy atom. The van der Waals surface area contributed by atoms with Gasteiger partial charge in [-0.25, -0.2) is 0 Å². The van der Waals surface area contributed by atoms with Crippen molar-refractivity contribution in [1.29, 1.82) is 0 Å². The van der Waals surface area contributed by atoms with Crippen molar-refractivity contribution in [2.45, 2.75) is 39.0 Å². The van der Waals surface area contributed by atoms with E-state index in [-0.39, 0.29) is 0 Å². The molecule has 2 fully saturated rings. The maximum Gasteiger partial charge on any atom is 0.222 e. The SMILES string of the molecule is COc1cc(CCC(=O)N2CC[C@]3(CCCNC3)C2)ccc1C. The highest BCUT2D eigenvalue weighted by Gasteiger charge is 2.40. The molecule has 0 radical (unpaired) electrons. The molecule has 23 heavy (non-hydrogen) atoms. The zero-order valence-electron chi connectivity index (χ0n) is 14.4. The molecule has 2 heterocycles. The molecule has 0 saturated carbocycles. The van der Waals surface area contributed by atoms with Crippen LogP contribution in [-0.4, -0.2) is 44.1 Å². The van der Waals surface area contributed by atoms with Crippen LogP contribution in [-0.2, 0) is 11.2 Å². The van der Waals surface area contributed by atoms with Crippen LogP contribution in [0.25, 0.3) is 0 Å². The molecule has 4 heteroatoms. The Balaban J connectivity index is 1.54. The van der Waals surface area contributed by atoms with Gasteiger partial charge in [0.05, 0.1) is 7.11 Å². The quantitative estimate of drug-likeness (QED) is 0.928. The van der Waals surface area contributed by atoms with Gasteiger partial charge >= 0.3 is 0 Å². The van der Waals surface area contributed by atoms with Crippen LogP contribution in [0.1, 0.15) is 36.8 Å². The second-order valence-corrected chi connectivity index (χ2v) is 7.15. The zero-order chi connectivity index (χ0) is 16.3. The van der Waals surface area contributed by atoms with E-state index in [1.807, 2.05) is 6.92 Å². The van der Waals surface area contributed by atoms with Crippen LogP contribution in [0.2, 0.25) is 0 Å². The Bertz CT molecular complexity index is 564. The molecule has 1 amide bonds. The number of ether oxygens (including phenoxy) is 1. The molecule has 0 unspecified atom stereocenters. The first-order chi connectivity index (χ1) is 11.1. The van der Waals surface area contributed by atoms with E-state index in [2.05, 4.69) is 28.4 Å². The average molecular weight is 316 g/mol. The van der Waals surface area contributed by atoms with E-state index < -0.39 is 0 Å². The van der Waals surface area contributed by atoms with E-state index in [0.29, 0.717) is 17.7 Å². The topological polar surface area (TPSA) is 41.6 Å². The third kappa shape index (κ3) is 3.69. The van der Waals surface area contributed by atoms with Crippen molar-refractivity contribution in [1.82, 2.24) is 10.2 Å². The number of hydrogen-bond acceptors (Lipinski definition) is 3. The Kier molecular flexibility index (Phi) is 4.90. The lowest BCUT2D eigenvalue weighted by atomic mass is 9.80. The van der Waals surface area contributed by atoms with Crippen molar-refractivity contribution >= 4 is 5.91 Å². The predicted molar refractivity (Wildman–Crippen MR) is 91.8 cm³/mol. The summed E-state index contributed by atoms with van der Waals surface area (Å²) in [6.07, 6.45) is 5.04. The van der Waals surface area contributed by atoms with Crippen molar-refractivity contribution in [3.05, 3.63) is 29.3 Å². The lowest BCUT2D eigenvalue weighted by Gasteiger charge is -2.33. The van der Waals surface area contributed by atoms with Gasteiger partial charge < -0.3 is 15.0 Å². The number of piperidine rings is 1. The number of rotatable bonds is 4. The summed E-state index contributed by atoms with van der Waals surface area (Å²) < 4.78 is 5.37. The Hall–Kier alpha value is -1.55. The van der Waals surface area contributed by atoms with Gasteiger partial charge in [-0.2, -0.15) is 0 Å². The molecule has 4 nitrogen and oxygen atoms in total.